The lowest BCUT2D eigenvalue weighted by molar-refractivity contribution is -0.116. The number of thioether (sulfide) groups is 1. The number of hydrogen-bond donors (Lipinski definition) is 0. The normalized spacial score (nSPS) is 15.4. The van der Waals surface area contributed by atoms with Crippen molar-refractivity contribution < 1.29 is 9.53 Å². The van der Waals surface area contributed by atoms with Gasteiger partial charge >= 0.3 is 0 Å². The van der Waals surface area contributed by atoms with Crippen LogP contribution in [-0.4, -0.2) is 38.6 Å². The molecule has 1 amide bonds. The summed E-state index contributed by atoms with van der Waals surface area (Å²) >= 11 is 1.40. The van der Waals surface area contributed by atoms with Crippen molar-refractivity contribution in [3.63, 3.8) is 0 Å². The Morgan fingerprint density at radius 1 is 1.35 bits per heavy atom. The minimum atomic E-state index is -0.401. The minimum Gasteiger partial charge on any atom is -0.494 e. The van der Waals surface area contributed by atoms with Crippen molar-refractivity contribution in [3.8, 4) is 5.75 Å². The van der Waals surface area contributed by atoms with Crippen molar-refractivity contribution in [2.45, 2.75) is 38.4 Å². The molecule has 1 aliphatic heterocycles. The van der Waals surface area contributed by atoms with Crippen LogP contribution in [-0.2, 0) is 11.8 Å². The van der Waals surface area contributed by atoms with E-state index in [1.54, 1.807) is 6.33 Å². The molecule has 0 atom stereocenters. The monoisotopic (exact) mass is 372 g/mol. The van der Waals surface area contributed by atoms with Gasteiger partial charge < -0.3 is 14.2 Å². The highest BCUT2D eigenvalue weighted by Gasteiger charge is 2.35. The molecular weight excluding hydrogens is 348 g/mol. The van der Waals surface area contributed by atoms with Gasteiger partial charge in [-0.25, -0.2) is 0 Å². The molecule has 3 rings (SSSR count). The number of aromatic nitrogens is 3. The van der Waals surface area contributed by atoms with Gasteiger partial charge in [0.2, 0.25) is 5.91 Å². The molecular formula is C19H24N4O2S. The average Bonchev–Trinajstić information content (AvgIpc) is 2.98. The third-order valence-electron chi connectivity index (χ3n) is 4.33. The number of fused-ring (bicyclic) bond motifs is 1. The summed E-state index contributed by atoms with van der Waals surface area (Å²) in [5.74, 6) is 1.16. The number of carbonyl (C=O) groups is 1. The van der Waals surface area contributed by atoms with Crippen molar-refractivity contribution in [2.75, 3.05) is 17.3 Å². The molecule has 0 radical (unpaired) electrons. The number of amides is 1. The van der Waals surface area contributed by atoms with Crippen molar-refractivity contribution in [1.82, 2.24) is 14.8 Å². The Morgan fingerprint density at radius 2 is 2.12 bits per heavy atom. The standard InChI is InChI=1S/C19H24N4O2S/c1-6-25-14-7-8-16-15(9-14)13(2)10-19(3,4)23(16)17(24)11-26-18-21-20-12-22(18)5/h7-10,12H,6,11H2,1-5H3. The Bertz CT molecular complexity index is 857. The van der Waals surface area contributed by atoms with Crippen LogP contribution in [0.4, 0.5) is 5.69 Å². The number of allylic oxidation sites excluding steroid dienone is 1. The van der Waals surface area contributed by atoms with Crippen LogP contribution in [0.1, 0.15) is 33.3 Å². The number of carbonyl (C=O) groups excluding carboxylic acids is 1. The first-order chi connectivity index (χ1) is 12.3. The molecule has 1 aliphatic rings. The van der Waals surface area contributed by atoms with E-state index in [4.69, 9.17) is 4.74 Å². The summed E-state index contributed by atoms with van der Waals surface area (Å²) in [7, 11) is 1.87. The number of hydrogen-bond acceptors (Lipinski definition) is 5. The second kappa shape index (κ2) is 7.15. The molecule has 26 heavy (non-hydrogen) atoms. The molecule has 6 nitrogen and oxygen atoms in total. The molecule has 138 valence electrons. The fourth-order valence-electron chi connectivity index (χ4n) is 3.31. The minimum absolute atomic E-state index is 0.0390. The molecule has 1 aromatic carbocycles. The second-order valence-corrected chi connectivity index (χ2v) is 7.78. The van der Waals surface area contributed by atoms with E-state index in [1.807, 2.05) is 41.6 Å². The first-order valence-corrected chi connectivity index (χ1v) is 9.58. The molecule has 2 heterocycles. The lowest BCUT2D eigenvalue weighted by Crippen LogP contribution is -2.49. The summed E-state index contributed by atoms with van der Waals surface area (Å²) in [6.07, 6.45) is 3.77. The molecule has 0 saturated carbocycles. The lowest BCUT2D eigenvalue weighted by atomic mass is 9.88. The highest BCUT2D eigenvalue weighted by Crippen LogP contribution is 2.41. The van der Waals surface area contributed by atoms with Gasteiger partial charge in [0.25, 0.3) is 0 Å². The molecule has 0 aliphatic carbocycles. The quantitative estimate of drug-likeness (QED) is 0.752. The third-order valence-corrected chi connectivity index (χ3v) is 5.35. The highest BCUT2D eigenvalue weighted by molar-refractivity contribution is 7.99. The summed E-state index contributed by atoms with van der Waals surface area (Å²) in [5.41, 5.74) is 2.70. The number of nitrogens with zero attached hydrogens (tertiary/aromatic N) is 4. The van der Waals surface area contributed by atoms with E-state index in [0.717, 1.165) is 27.7 Å². The fraction of sp³-hybridized carbons (Fsp3) is 0.421. The number of ether oxygens (including phenoxy) is 1. The van der Waals surface area contributed by atoms with Gasteiger partial charge in [-0.2, -0.15) is 0 Å². The van der Waals surface area contributed by atoms with Gasteiger partial charge in [-0.3, -0.25) is 4.79 Å². The predicted octanol–water partition coefficient (Wildman–Crippen LogP) is 3.53. The maximum atomic E-state index is 13.1. The third kappa shape index (κ3) is 3.49. The van der Waals surface area contributed by atoms with Crippen LogP contribution in [0, 0.1) is 0 Å². The zero-order valence-electron chi connectivity index (χ0n) is 15.8. The van der Waals surface area contributed by atoms with Crippen LogP contribution in [0.2, 0.25) is 0 Å². The van der Waals surface area contributed by atoms with Gasteiger partial charge in [0.1, 0.15) is 12.1 Å². The zero-order valence-corrected chi connectivity index (χ0v) is 16.6. The number of benzene rings is 1. The number of rotatable bonds is 5. The van der Waals surface area contributed by atoms with E-state index in [-0.39, 0.29) is 5.91 Å². The number of anilines is 1. The van der Waals surface area contributed by atoms with Crippen molar-refractivity contribution in [3.05, 3.63) is 36.2 Å². The topological polar surface area (TPSA) is 60.2 Å². The Hall–Kier alpha value is -2.28. The van der Waals surface area contributed by atoms with Gasteiger partial charge in [-0.1, -0.05) is 17.8 Å². The summed E-state index contributed by atoms with van der Waals surface area (Å²) < 4.78 is 7.44. The van der Waals surface area contributed by atoms with Crippen LogP contribution in [0.3, 0.4) is 0 Å². The molecule has 0 spiro atoms. The predicted molar refractivity (Wildman–Crippen MR) is 105 cm³/mol. The molecule has 0 unspecified atom stereocenters. The fourth-order valence-corrected chi connectivity index (χ4v) is 4.05. The Morgan fingerprint density at radius 3 is 2.77 bits per heavy atom. The smallest absolute Gasteiger partial charge is 0.238 e. The van der Waals surface area contributed by atoms with E-state index in [1.165, 1.54) is 11.8 Å². The van der Waals surface area contributed by atoms with Gasteiger partial charge in [-0.05, 0) is 51.5 Å². The van der Waals surface area contributed by atoms with Gasteiger partial charge in [0.05, 0.1) is 23.6 Å². The summed E-state index contributed by atoms with van der Waals surface area (Å²) in [4.78, 5) is 15.0. The van der Waals surface area contributed by atoms with Crippen LogP contribution in [0.15, 0.2) is 35.8 Å². The van der Waals surface area contributed by atoms with Crippen LogP contribution < -0.4 is 9.64 Å². The molecule has 0 fully saturated rings. The van der Waals surface area contributed by atoms with Crippen molar-refractivity contribution in [2.24, 2.45) is 7.05 Å². The summed E-state index contributed by atoms with van der Waals surface area (Å²) in [6, 6.07) is 5.91. The van der Waals surface area contributed by atoms with Crippen LogP contribution in [0.5, 0.6) is 5.75 Å². The molecule has 1 aromatic heterocycles. The molecule has 0 N–H and O–H groups in total. The molecule has 7 heteroatoms. The first kappa shape index (κ1) is 18.5. The number of aryl methyl sites for hydroxylation is 1. The van der Waals surface area contributed by atoms with E-state index in [9.17, 15) is 4.79 Å². The van der Waals surface area contributed by atoms with Crippen LogP contribution in [0.25, 0.3) is 5.57 Å². The highest BCUT2D eigenvalue weighted by atomic mass is 32.2. The Kier molecular flexibility index (Phi) is 5.09. The zero-order chi connectivity index (χ0) is 18.9. The second-order valence-electron chi connectivity index (χ2n) is 6.84. The largest absolute Gasteiger partial charge is 0.494 e. The molecule has 0 saturated heterocycles. The van der Waals surface area contributed by atoms with Crippen molar-refractivity contribution >= 4 is 28.9 Å². The first-order valence-electron chi connectivity index (χ1n) is 8.60. The summed E-state index contributed by atoms with van der Waals surface area (Å²) in [6.45, 7) is 8.77. The lowest BCUT2D eigenvalue weighted by Gasteiger charge is -2.41. The maximum absolute atomic E-state index is 13.1. The SMILES string of the molecule is CCOc1ccc2c(c1)C(C)=CC(C)(C)N2C(=O)CSc1nncn1C. The van der Waals surface area contributed by atoms with E-state index < -0.39 is 5.54 Å². The van der Waals surface area contributed by atoms with Gasteiger partial charge in [-0.15, -0.1) is 10.2 Å². The van der Waals surface area contributed by atoms with E-state index in [2.05, 4.69) is 37.0 Å². The Balaban J connectivity index is 1.90. The average molecular weight is 372 g/mol. The Labute approximate surface area is 158 Å². The van der Waals surface area contributed by atoms with E-state index >= 15 is 0 Å². The van der Waals surface area contributed by atoms with Gasteiger partial charge in [0, 0.05) is 12.6 Å². The molecule has 2 aromatic rings. The maximum Gasteiger partial charge on any atom is 0.238 e. The van der Waals surface area contributed by atoms with Crippen molar-refractivity contribution in [1.29, 1.82) is 0 Å². The van der Waals surface area contributed by atoms with E-state index in [0.29, 0.717) is 12.4 Å². The van der Waals surface area contributed by atoms with Gasteiger partial charge in [0.15, 0.2) is 5.16 Å². The molecule has 0 bridgehead atoms. The summed E-state index contributed by atoms with van der Waals surface area (Å²) in [5, 5.41) is 8.62. The van der Waals surface area contributed by atoms with Crippen LogP contribution >= 0.6 is 11.8 Å².